The summed E-state index contributed by atoms with van der Waals surface area (Å²) in [6, 6.07) is 0. The van der Waals surface area contributed by atoms with Gasteiger partial charge in [0.1, 0.15) is 0 Å². The van der Waals surface area contributed by atoms with Gasteiger partial charge in [-0.3, -0.25) is 0 Å². The summed E-state index contributed by atoms with van der Waals surface area (Å²) in [7, 11) is 0. The van der Waals surface area contributed by atoms with Crippen LogP contribution >= 0.6 is 0 Å². The summed E-state index contributed by atoms with van der Waals surface area (Å²) < 4.78 is 0. The number of hydrogen-bond donors (Lipinski definition) is 6. The Kier molecular flexibility index (Phi) is 16.9. The highest BCUT2D eigenvalue weighted by Crippen LogP contribution is 2.11. The Morgan fingerprint density at radius 3 is 0.933 bits per heavy atom. The monoisotopic (exact) mass is 423 g/mol. The van der Waals surface area contributed by atoms with Crippen molar-refractivity contribution in [1.82, 2.24) is 15.0 Å². The molecule has 1 rings (SSSR count). The summed E-state index contributed by atoms with van der Waals surface area (Å²) in [5, 5.41) is 10.0. The van der Waals surface area contributed by atoms with Crippen LogP contribution in [0.3, 0.4) is 0 Å². The molecule has 1 aromatic heterocycles. The standard InChI is InChI=1S/C21H45N9/c22-13-7-1-4-10-16-25-19-28-20(26-17-11-5-2-8-14-23)30-21(29-19)27-18-12-6-3-9-15-24/h1-18,22-24H2,(H3,25,26,27,28,29,30). The first kappa shape index (κ1) is 26.3. The van der Waals surface area contributed by atoms with Gasteiger partial charge < -0.3 is 33.2 Å². The fraction of sp³-hybridized carbons (Fsp3) is 0.857. The summed E-state index contributed by atoms with van der Waals surface area (Å²) in [5.41, 5.74) is 16.6. The molecule has 0 aliphatic carbocycles. The van der Waals surface area contributed by atoms with Gasteiger partial charge in [0.2, 0.25) is 17.8 Å². The Morgan fingerprint density at radius 2 is 0.667 bits per heavy atom. The molecule has 0 bridgehead atoms. The number of hydrogen-bond acceptors (Lipinski definition) is 9. The van der Waals surface area contributed by atoms with Crippen LogP contribution in [0, 0.1) is 0 Å². The van der Waals surface area contributed by atoms with E-state index in [1.807, 2.05) is 0 Å². The second-order valence-corrected chi connectivity index (χ2v) is 7.70. The third-order valence-corrected chi connectivity index (χ3v) is 4.88. The first-order valence-corrected chi connectivity index (χ1v) is 11.9. The van der Waals surface area contributed by atoms with Crippen molar-refractivity contribution >= 4 is 17.8 Å². The Balaban J connectivity index is 2.47. The zero-order valence-corrected chi connectivity index (χ0v) is 18.8. The zero-order chi connectivity index (χ0) is 21.7. The van der Waals surface area contributed by atoms with Crippen molar-refractivity contribution in [3.05, 3.63) is 0 Å². The Labute approximate surface area is 182 Å². The molecule has 0 aliphatic rings. The summed E-state index contributed by atoms with van der Waals surface area (Å²) in [5.74, 6) is 1.88. The van der Waals surface area contributed by atoms with Gasteiger partial charge in [-0.15, -0.1) is 0 Å². The van der Waals surface area contributed by atoms with Gasteiger partial charge in [-0.25, -0.2) is 0 Å². The Bertz CT molecular complexity index is 429. The maximum Gasteiger partial charge on any atom is 0.229 e. The molecule has 9 N–H and O–H groups in total. The van der Waals surface area contributed by atoms with E-state index in [2.05, 4.69) is 30.9 Å². The lowest BCUT2D eigenvalue weighted by Crippen LogP contribution is -2.14. The fourth-order valence-electron chi connectivity index (χ4n) is 3.08. The number of unbranched alkanes of at least 4 members (excludes halogenated alkanes) is 9. The quantitative estimate of drug-likeness (QED) is 0.164. The van der Waals surface area contributed by atoms with E-state index in [0.717, 1.165) is 97.1 Å². The van der Waals surface area contributed by atoms with Crippen LogP contribution in [0.15, 0.2) is 0 Å². The number of rotatable bonds is 21. The van der Waals surface area contributed by atoms with Gasteiger partial charge in [0.05, 0.1) is 0 Å². The predicted octanol–water partition coefficient (Wildman–Crippen LogP) is 2.66. The Hall–Kier alpha value is -1.71. The number of nitrogens with zero attached hydrogens (tertiary/aromatic N) is 3. The van der Waals surface area contributed by atoms with Gasteiger partial charge in [0, 0.05) is 19.6 Å². The van der Waals surface area contributed by atoms with Crippen LogP contribution in [0.5, 0.6) is 0 Å². The first-order valence-electron chi connectivity index (χ1n) is 11.9. The molecule has 0 atom stereocenters. The maximum atomic E-state index is 5.55. The minimum Gasteiger partial charge on any atom is -0.354 e. The molecular formula is C21H45N9. The molecule has 174 valence electrons. The molecule has 1 heterocycles. The number of aromatic nitrogens is 3. The normalized spacial score (nSPS) is 10.9. The van der Waals surface area contributed by atoms with E-state index >= 15 is 0 Å². The molecule has 30 heavy (non-hydrogen) atoms. The van der Waals surface area contributed by atoms with Crippen LogP contribution in [0.1, 0.15) is 77.0 Å². The van der Waals surface area contributed by atoms with E-state index in [4.69, 9.17) is 17.2 Å². The molecular weight excluding hydrogens is 378 g/mol. The van der Waals surface area contributed by atoms with Crippen LogP contribution < -0.4 is 33.2 Å². The Morgan fingerprint density at radius 1 is 0.400 bits per heavy atom. The molecule has 9 nitrogen and oxygen atoms in total. The van der Waals surface area contributed by atoms with Crippen molar-refractivity contribution in [3.8, 4) is 0 Å². The molecule has 0 aliphatic heterocycles. The van der Waals surface area contributed by atoms with Crippen molar-refractivity contribution in [3.63, 3.8) is 0 Å². The van der Waals surface area contributed by atoms with Crippen LogP contribution in [0.2, 0.25) is 0 Å². The highest BCUT2D eigenvalue weighted by molar-refractivity contribution is 5.42. The topological polar surface area (TPSA) is 153 Å². The van der Waals surface area contributed by atoms with E-state index in [1.165, 1.54) is 19.3 Å². The van der Waals surface area contributed by atoms with Crippen molar-refractivity contribution < 1.29 is 0 Å². The summed E-state index contributed by atoms with van der Waals surface area (Å²) >= 11 is 0. The number of nitrogens with one attached hydrogen (secondary N) is 3. The molecule has 0 spiro atoms. The van der Waals surface area contributed by atoms with Crippen molar-refractivity contribution in [2.24, 2.45) is 17.2 Å². The average Bonchev–Trinajstić information content (AvgIpc) is 2.75. The highest BCUT2D eigenvalue weighted by atomic mass is 15.3. The highest BCUT2D eigenvalue weighted by Gasteiger charge is 2.06. The zero-order valence-electron chi connectivity index (χ0n) is 18.8. The molecule has 0 unspecified atom stereocenters. The lowest BCUT2D eigenvalue weighted by molar-refractivity contribution is 0.657. The van der Waals surface area contributed by atoms with Gasteiger partial charge in [-0.1, -0.05) is 38.5 Å². The summed E-state index contributed by atoms with van der Waals surface area (Å²) in [6.07, 6.45) is 13.5. The van der Waals surface area contributed by atoms with Crippen molar-refractivity contribution in [2.45, 2.75) is 77.0 Å². The third kappa shape index (κ3) is 14.3. The van der Waals surface area contributed by atoms with E-state index in [0.29, 0.717) is 17.8 Å². The molecule has 0 saturated carbocycles. The lowest BCUT2D eigenvalue weighted by Gasteiger charge is -2.11. The van der Waals surface area contributed by atoms with Gasteiger partial charge in [-0.2, -0.15) is 15.0 Å². The molecule has 0 radical (unpaired) electrons. The van der Waals surface area contributed by atoms with Crippen LogP contribution in [0.25, 0.3) is 0 Å². The maximum absolute atomic E-state index is 5.55. The predicted molar refractivity (Wildman–Crippen MR) is 128 cm³/mol. The van der Waals surface area contributed by atoms with Gasteiger partial charge >= 0.3 is 0 Å². The molecule has 0 fully saturated rings. The van der Waals surface area contributed by atoms with Crippen LogP contribution in [-0.4, -0.2) is 54.2 Å². The largest absolute Gasteiger partial charge is 0.354 e. The summed E-state index contributed by atoms with van der Waals surface area (Å²) in [4.78, 5) is 13.6. The SMILES string of the molecule is NCCCCCCNc1nc(NCCCCCCN)nc(NCCCCCCN)n1. The molecule has 0 saturated heterocycles. The molecule has 0 amide bonds. The number of nitrogens with two attached hydrogens (primary N) is 3. The van der Waals surface area contributed by atoms with Gasteiger partial charge in [-0.05, 0) is 58.2 Å². The third-order valence-electron chi connectivity index (χ3n) is 4.88. The van der Waals surface area contributed by atoms with Crippen LogP contribution in [-0.2, 0) is 0 Å². The van der Waals surface area contributed by atoms with Gasteiger partial charge in [0.15, 0.2) is 0 Å². The van der Waals surface area contributed by atoms with Crippen molar-refractivity contribution in [1.29, 1.82) is 0 Å². The van der Waals surface area contributed by atoms with E-state index in [-0.39, 0.29) is 0 Å². The minimum atomic E-state index is 0.625. The second kappa shape index (κ2) is 19.3. The van der Waals surface area contributed by atoms with Gasteiger partial charge in [0.25, 0.3) is 0 Å². The van der Waals surface area contributed by atoms with E-state index in [1.54, 1.807) is 0 Å². The molecule has 9 heteroatoms. The minimum absolute atomic E-state index is 0.625. The second-order valence-electron chi connectivity index (χ2n) is 7.70. The fourth-order valence-corrected chi connectivity index (χ4v) is 3.08. The molecule has 1 aromatic rings. The number of anilines is 3. The molecule has 0 aromatic carbocycles. The van der Waals surface area contributed by atoms with Crippen molar-refractivity contribution in [2.75, 3.05) is 55.2 Å². The lowest BCUT2D eigenvalue weighted by atomic mass is 10.2. The summed E-state index contributed by atoms with van der Waals surface area (Å²) in [6.45, 7) is 4.86. The average molecular weight is 424 g/mol. The van der Waals surface area contributed by atoms with E-state index in [9.17, 15) is 0 Å². The smallest absolute Gasteiger partial charge is 0.229 e. The van der Waals surface area contributed by atoms with E-state index < -0.39 is 0 Å². The van der Waals surface area contributed by atoms with Crippen LogP contribution in [0.4, 0.5) is 17.8 Å². The first-order chi connectivity index (χ1) is 14.8.